The fourth-order valence-electron chi connectivity index (χ4n) is 6.01. The Morgan fingerprint density at radius 2 is 1.05 bits per heavy atom. The number of anilines is 3. The molecule has 2 nitrogen and oxygen atoms in total. The summed E-state index contributed by atoms with van der Waals surface area (Å²) in [6, 6.07) is 39.6. The second kappa shape index (κ2) is 8.25. The minimum atomic E-state index is 0.882. The van der Waals surface area contributed by atoms with Crippen LogP contribution in [-0.2, 0) is 0 Å². The van der Waals surface area contributed by atoms with Crippen LogP contribution < -0.4 is 9.64 Å². The Labute approximate surface area is 216 Å². The fourth-order valence-corrected chi connectivity index (χ4v) is 6.01. The zero-order chi connectivity index (χ0) is 25.1. The van der Waals surface area contributed by atoms with Crippen molar-refractivity contribution in [1.82, 2.24) is 0 Å². The van der Waals surface area contributed by atoms with Gasteiger partial charge in [-0.15, -0.1) is 0 Å². The van der Waals surface area contributed by atoms with Crippen molar-refractivity contribution in [3.05, 3.63) is 120 Å². The van der Waals surface area contributed by atoms with E-state index in [-0.39, 0.29) is 0 Å². The van der Waals surface area contributed by atoms with Gasteiger partial charge >= 0.3 is 0 Å². The first-order valence-electron chi connectivity index (χ1n) is 12.7. The van der Waals surface area contributed by atoms with Crippen LogP contribution in [0.4, 0.5) is 17.1 Å². The lowest BCUT2D eigenvalue weighted by molar-refractivity contribution is 0.420. The Hall–Kier alpha value is -4.56. The Kier molecular flexibility index (Phi) is 4.84. The molecule has 2 heteroatoms. The SMILES string of the molecule is COc1cc(N(c2cccc(C)c2)c2cccc(C)c2)c2c3cccc4cccc(c5cccc1c52)c43. The Bertz CT molecular complexity index is 1900. The average molecular weight is 478 g/mol. The molecule has 7 rings (SSSR count). The van der Waals surface area contributed by atoms with Gasteiger partial charge in [-0.2, -0.15) is 0 Å². The molecule has 0 aromatic heterocycles. The van der Waals surface area contributed by atoms with Crippen molar-refractivity contribution in [3.8, 4) is 5.75 Å². The molecule has 7 aromatic rings. The first-order chi connectivity index (χ1) is 18.1. The molecule has 37 heavy (non-hydrogen) atoms. The van der Waals surface area contributed by atoms with E-state index in [0.717, 1.165) is 28.2 Å². The van der Waals surface area contributed by atoms with Gasteiger partial charge in [0.1, 0.15) is 5.75 Å². The molecule has 0 fully saturated rings. The molecule has 0 N–H and O–H groups in total. The Balaban J connectivity index is 1.73. The van der Waals surface area contributed by atoms with Crippen molar-refractivity contribution >= 4 is 60.2 Å². The number of methoxy groups -OCH3 is 1. The minimum absolute atomic E-state index is 0.882. The average Bonchev–Trinajstić information content (AvgIpc) is 2.92. The Morgan fingerprint density at radius 3 is 1.68 bits per heavy atom. The fraction of sp³-hybridized carbons (Fsp3) is 0.0857. The number of benzene rings is 7. The summed E-state index contributed by atoms with van der Waals surface area (Å²) in [4.78, 5) is 2.39. The molecular formula is C35H27NO. The van der Waals surface area contributed by atoms with E-state index in [1.165, 1.54) is 48.8 Å². The molecule has 0 radical (unpaired) electrons. The molecule has 0 unspecified atom stereocenters. The lowest BCUT2D eigenvalue weighted by atomic mass is 9.88. The summed E-state index contributed by atoms with van der Waals surface area (Å²) in [7, 11) is 1.77. The van der Waals surface area contributed by atoms with E-state index >= 15 is 0 Å². The van der Waals surface area contributed by atoms with Crippen molar-refractivity contribution < 1.29 is 4.74 Å². The molecule has 0 atom stereocenters. The van der Waals surface area contributed by atoms with E-state index in [1.54, 1.807) is 7.11 Å². The van der Waals surface area contributed by atoms with Crippen LogP contribution in [0, 0.1) is 13.8 Å². The predicted octanol–water partition coefficient (Wildman–Crippen LogP) is 9.83. The lowest BCUT2D eigenvalue weighted by Gasteiger charge is -2.29. The standard InChI is InChI=1S/C35H27NO/c1-22-9-4-13-25(19-22)36(26-14-5-10-23(2)20-26)31-21-32(37-3)29-17-8-16-28-27-15-6-11-24-12-7-18-30(33(24)27)35(31)34(28)29/h4-21H,1-3H3. The van der Waals surface area contributed by atoms with Gasteiger partial charge in [0.25, 0.3) is 0 Å². The molecule has 0 saturated carbocycles. The van der Waals surface area contributed by atoms with E-state index in [1.807, 2.05) is 0 Å². The monoisotopic (exact) mass is 477 g/mol. The second-order valence-corrected chi connectivity index (χ2v) is 9.92. The molecule has 7 aromatic carbocycles. The van der Waals surface area contributed by atoms with Crippen LogP contribution in [0.1, 0.15) is 11.1 Å². The summed E-state index contributed by atoms with van der Waals surface area (Å²) in [5, 5.41) is 10.0. The normalized spacial score (nSPS) is 11.6. The van der Waals surface area contributed by atoms with Crippen LogP contribution in [0.2, 0.25) is 0 Å². The molecule has 0 bridgehead atoms. The van der Waals surface area contributed by atoms with Crippen molar-refractivity contribution in [1.29, 1.82) is 0 Å². The van der Waals surface area contributed by atoms with Gasteiger partial charge in [0.2, 0.25) is 0 Å². The van der Waals surface area contributed by atoms with Gasteiger partial charge in [0, 0.05) is 33.6 Å². The van der Waals surface area contributed by atoms with E-state index < -0.39 is 0 Å². The maximum atomic E-state index is 6.05. The summed E-state index contributed by atoms with van der Waals surface area (Å²) in [6.45, 7) is 4.30. The van der Waals surface area contributed by atoms with E-state index in [2.05, 4.69) is 128 Å². The minimum Gasteiger partial charge on any atom is -0.496 e. The van der Waals surface area contributed by atoms with Gasteiger partial charge < -0.3 is 9.64 Å². The molecule has 0 amide bonds. The van der Waals surface area contributed by atoms with E-state index in [4.69, 9.17) is 4.74 Å². The highest BCUT2D eigenvalue weighted by molar-refractivity contribution is 6.36. The number of fused-ring (bicyclic) bond motifs is 2. The van der Waals surface area contributed by atoms with Crippen molar-refractivity contribution in [2.24, 2.45) is 0 Å². The lowest BCUT2D eigenvalue weighted by Crippen LogP contribution is -2.11. The Morgan fingerprint density at radius 1 is 0.514 bits per heavy atom. The molecule has 0 saturated heterocycles. The zero-order valence-electron chi connectivity index (χ0n) is 21.2. The smallest absolute Gasteiger partial charge is 0.128 e. The quantitative estimate of drug-likeness (QED) is 0.185. The summed E-state index contributed by atoms with van der Waals surface area (Å²) >= 11 is 0. The third-order valence-corrected chi connectivity index (χ3v) is 7.55. The molecule has 0 heterocycles. The predicted molar refractivity (Wildman–Crippen MR) is 158 cm³/mol. The van der Waals surface area contributed by atoms with Crippen LogP contribution in [0.5, 0.6) is 5.75 Å². The molecule has 0 aliphatic carbocycles. The third kappa shape index (κ3) is 3.26. The third-order valence-electron chi connectivity index (χ3n) is 7.55. The number of aryl methyl sites for hydroxylation is 2. The first kappa shape index (κ1) is 21.7. The molecule has 178 valence electrons. The summed E-state index contributed by atoms with van der Waals surface area (Å²) in [6.07, 6.45) is 0. The van der Waals surface area contributed by atoms with Crippen molar-refractivity contribution in [3.63, 3.8) is 0 Å². The van der Waals surface area contributed by atoms with Gasteiger partial charge in [-0.3, -0.25) is 0 Å². The van der Waals surface area contributed by atoms with Gasteiger partial charge in [0.05, 0.1) is 12.8 Å². The summed E-state index contributed by atoms with van der Waals surface area (Å²) in [5.74, 6) is 0.882. The highest BCUT2D eigenvalue weighted by Crippen LogP contribution is 2.50. The van der Waals surface area contributed by atoms with Crippen LogP contribution in [0.25, 0.3) is 43.1 Å². The number of hydrogen-bond donors (Lipinski definition) is 0. The molecular weight excluding hydrogens is 450 g/mol. The maximum absolute atomic E-state index is 6.05. The largest absolute Gasteiger partial charge is 0.496 e. The molecule has 0 aliphatic heterocycles. The van der Waals surface area contributed by atoms with Crippen molar-refractivity contribution in [2.45, 2.75) is 13.8 Å². The van der Waals surface area contributed by atoms with E-state index in [9.17, 15) is 0 Å². The van der Waals surface area contributed by atoms with Crippen molar-refractivity contribution in [2.75, 3.05) is 12.0 Å². The number of ether oxygens (including phenoxy) is 1. The van der Waals surface area contributed by atoms with Crippen LogP contribution in [-0.4, -0.2) is 7.11 Å². The van der Waals surface area contributed by atoms with Gasteiger partial charge in [-0.05, 0) is 76.2 Å². The second-order valence-electron chi connectivity index (χ2n) is 9.92. The maximum Gasteiger partial charge on any atom is 0.128 e. The van der Waals surface area contributed by atoms with E-state index in [0.29, 0.717) is 0 Å². The van der Waals surface area contributed by atoms with Gasteiger partial charge in [-0.25, -0.2) is 0 Å². The van der Waals surface area contributed by atoms with Crippen LogP contribution >= 0.6 is 0 Å². The topological polar surface area (TPSA) is 12.5 Å². The number of hydrogen-bond acceptors (Lipinski definition) is 2. The molecule has 0 spiro atoms. The van der Waals surface area contributed by atoms with Crippen LogP contribution in [0.3, 0.4) is 0 Å². The number of nitrogens with zero attached hydrogens (tertiary/aromatic N) is 1. The summed E-state index contributed by atoms with van der Waals surface area (Å²) in [5.41, 5.74) is 5.84. The summed E-state index contributed by atoms with van der Waals surface area (Å²) < 4.78 is 6.05. The molecule has 0 aliphatic rings. The first-order valence-corrected chi connectivity index (χ1v) is 12.7. The van der Waals surface area contributed by atoms with Gasteiger partial charge in [-0.1, -0.05) is 78.9 Å². The number of rotatable bonds is 4. The van der Waals surface area contributed by atoms with Gasteiger partial charge in [0.15, 0.2) is 0 Å². The van der Waals surface area contributed by atoms with Crippen LogP contribution in [0.15, 0.2) is 109 Å². The highest BCUT2D eigenvalue weighted by Gasteiger charge is 2.23. The zero-order valence-corrected chi connectivity index (χ0v) is 21.2. The highest BCUT2D eigenvalue weighted by atomic mass is 16.5.